The molecule has 0 unspecified atom stereocenters. The van der Waals surface area contributed by atoms with Crippen LogP contribution in [0.15, 0.2) is 75.9 Å². The summed E-state index contributed by atoms with van der Waals surface area (Å²) in [5, 5.41) is 5.13. The van der Waals surface area contributed by atoms with Gasteiger partial charge in [0.1, 0.15) is 18.2 Å². The topological polar surface area (TPSA) is 80.2 Å². The highest BCUT2D eigenvalue weighted by Crippen LogP contribution is 2.44. The molecule has 0 saturated heterocycles. The average molecular weight is 500 g/mol. The summed E-state index contributed by atoms with van der Waals surface area (Å²) in [6.07, 6.45) is -0.0217. The van der Waals surface area contributed by atoms with Crippen LogP contribution >= 0.6 is 11.8 Å². The van der Waals surface area contributed by atoms with E-state index in [1.165, 1.54) is 55.3 Å². The van der Waals surface area contributed by atoms with Gasteiger partial charge >= 0.3 is 5.97 Å². The number of thioether (sulfide) groups is 1. The highest BCUT2D eigenvalue weighted by molar-refractivity contribution is 8.16. The zero-order valence-electron chi connectivity index (χ0n) is 19.1. The SMILES string of the molecule is COCCOC(=O)C1=C(C)N=C2SC=C(CC(=O)Nc3ccc(F)cc3)N2[C@H]1c1ccc(F)cc1. The number of amides is 1. The van der Waals surface area contributed by atoms with Gasteiger partial charge in [0.25, 0.3) is 0 Å². The number of nitrogens with zero attached hydrogens (tertiary/aromatic N) is 2. The summed E-state index contributed by atoms with van der Waals surface area (Å²) in [6.45, 7) is 2.02. The number of nitrogens with one attached hydrogen (secondary N) is 1. The minimum atomic E-state index is -0.669. The largest absolute Gasteiger partial charge is 0.460 e. The fourth-order valence-electron chi connectivity index (χ4n) is 3.79. The van der Waals surface area contributed by atoms with Crippen molar-refractivity contribution >= 4 is 34.5 Å². The van der Waals surface area contributed by atoms with Crippen molar-refractivity contribution in [2.75, 3.05) is 25.6 Å². The zero-order valence-corrected chi connectivity index (χ0v) is 19.9. The number of carbonyl (C=O) groups excluding carboxylic acids is 2. The number of anilines is 1. The summed E-state index contributed by atoms with van der Waals surface area (Å²) in [4.78, 5) is 32.2. The molecule has 0 spiro atoms. The van der Waals surface area contributed by atoms with Crippen LogP contribution in [0, 0.1) is 11.6 Å². The fraction of sp³-hybridized carbons (Fsp3) is 0.240. The third kappa shape index (κ3) is 5.60. The van der Waals surface area contributed by atoms with E-state index in [4.69, 9.17) is 9.47 Å². The van der Waals surface area contributed by atoms with Crippen molar-refractivity contribution in [2.24, 2.45) is 4.99 Å². The third-order valence-electron chi connectivity index (χ3n) is 5.40. The molecule has 2 aromatic rings. The minimum absolute atomic E-state index is 0.0217. The summed E-state index contributed by atoms with van der Waals surface area (Å²) in [7, 11) is 1.51. The van der Waals surface area contributed by atoms with Crippen molar-refractivity contribution < 1.29 is 27.8 Å². The molecule has 2 aromatic carbocycles. The number of methoxy groups -OCH3 is 1. The van der Waals surface area contributed by atoms with Crippen molar-refractivity contribution in [1.82, 2.24) is 4.90 Å². The number of esters is 1. The first-order valence-corrected chi connectivity index (χ1v) is 11.7. The lowest BCUT2D eigenvalue weighted by molar-refractivity contribution is -0.141. The molecular formula is C25H23F2N3O4S. The van der Waals surface area contributed by atoms with Crippen LogP contribution in [0.5, 0.6) is 0 Å². The van der Waals surface area contributed by atoms with Gasteiger partial charge in [-0.25, -0.2) is 18.6 Å². The number of ether oxygens (including phenoxy) is 2. The van der Waals surface area contributed by atoms with Gasteiger partial charge < -0.3 is 19.7 Å². The molecule has 1 N–H and O–H groups in total. The molecule has 0 radical (unpaired) electrons. The van der Waals surface area contributed by atoms with E-state index < -0.39 is 23.6 Å². The number of carbonyl (C=O) groups is 2. The molecular weight excluding hydrogens is 476 g/mol. The van der Waals surface area contributed by atoms with Crippen molar-refractivity contribution in [3.05, 3.63) is 88.1 Å². The maximum absolute atomic E-state index is 13.7. The highest BCUT2D eigenvalue weighted by atomic mass is 32.2. The summed E-state index contributed by atoms with van der Waals surface area (Å²) in [5.74, 6) is -1.70. The van der Waals surface area contributed by atoms with E-state index in [9.17, 15) is 18.4 Å². The Bertz CT molecular complexity index is 1210. The van der Waals surface area contributed by atoms with Crippen molar-refractivity contribution in [2.45, 2.75) is 19.4 Å². The predicted molar refractivity (Wildman–Crippen MR) is 129 cm³/mol. The number of halogens is 2. The van der Waals surface area contributed by atoms with Gasteiger partial charge in [-0.1, -0.05) is 23.9 Å². The van der Waals surface area contributed by atoms with Crippen molar-refractivity contribution in [3.8, 4) is 0 Å². The number of hydrogen-bond donors (Lipinski definition) is 1. The van der Waals surface area contributed by atoms with Crippen LogP contribution in [-0.2, 0) is 19.1 Å². The van der Waals surface area contributed by atoms with Crippen molar-refractivity contribution in [1.29, 1.82) is 0 Å². The van der Waals surface area contributed by atoms with Crippen LogP contribution in [0.2, 0.25) is 0 Å². The Labute approximate surface area is 205 Å². The molecule has 10 heteroatoms. The van der Waals surface area contributed by atoms with E-state index in [1.807, 2.05) is 0 Å². The summed E-state index contributed by atoms with van der Waals surface area (Å²) >= 11 is 1.33. The molecule has 0 saturated carbocycles. The van der Waals surface area contributed by atoms with Crippen LogP contribution in [0.1, 0.15) is 24.9 Å². The normalized spacial score (nSPS) is 17.0. The van der Waals surface area contributed by atoms with Crippen LogP contribution in [0.25, 0.3) is 0 Å². The van der Waals surface area contributed by atoms with Crippen LogP contribution in [-0.4, -0.2) is 42.3 Å². The Morgan fingerprint density at radius 3 is 2.37 bits per heavy atom. The first kappa shape index (κ1) is 24.6. The number of aliphatic imine (C=N–C) groups is 1. The smallest absolute Gasteiger partial charge is 0.338 e. The Hall–Kier alpha value is -3.50. The number of amidine groups is 1. The number of fused-ring (bicyclic) bond motifs is 1. The van der Waals surface area contributed by atoms with E-state index in [0.717, 1.165) is 0 Å². The van der Waals surface area contributed by atoms with Crippen LogP contribution < -0.4 is 5.32 Å². The fourth-order valence-corrected chi connectivity index (χ4v) is 4.75. The number of rotatable bonds is 8. The molecule has 182 valence electrons. The van der Waals surface area contributed by atoms with Gasteiger partial charge in [0, 0.05) is 18.5 Å². The van der Waals surface area contributed by atoms with Gasteiger partial charge in [-0.05, 0) is 54.3 Å². The lowest BCUT2D eigenvalue weighted by Crippen LogP contribution is -2.37. The summed E-state index contributed by atoms with van der Waals surface area (Å²) in [6, 6.07) is 10.6. The number of allylic oxidation sites excluding steroid dienone is 1. The monoisotopic (exact) mass is 499 g/mol. The van der Waals surface area contributed by atoms with Gasteiger partial charge in [-0.3, -0.25) is 4.79 Å². The standard InChI is InChI=1S/C25H23F2N3O4S/c1-15-22(24(32)34-12-11-33-2)23(16-3-5-17(26)6-4-16)30-20(14-35-25(30)28-15)13-21(31)29-19-9-7-18(27)8-10-19/h3-10,14,23H,11-13H2,1-2H3,(H,29,31)/t23-/m0/s1. The molecule has 4 rings (SSSR count). The van der Waals surface area contributed by atoms with Gasteiger partial charge in [-0.2, -0.15) is 0 Å². The minimum Gasteiger partial charge on any atom is -0.460 e. The maximum atomic E-state index is 13.7. The van der Waals surface area contributed by atoms with E-state index in [-0.39, 0.29) is 25.5 Å². The molecule has 0 aliphatic carbocycles. The summed E-state index contributed by atoms with van der Waals surface area (Å²) in [5.41, 5.74) is 2.49. The van der Waals surface area contributed by atoms with Gasteiger partial charge in [0.2, 0.25) is 5.91 Å². The van der Waals surface area contributed by atoms with Crippen LogP contribution in [0.4, 0.5) is 14.5 Å². The maximum Gasteiger partial charge on any atom is 0.338 e. The highest BCUT2D eigenvalue weighted by Gasteiger charge is 2.41. The van der Waals surface area contributed by atoms with Gasteiger partial charge in [0.15, 0.2) is 5.17 Å². The molecule has 0 aromatic heterocycles. The molecule has 1 atom stereocenters. The molecule has 2 aliphatic rings. The molecule has 0 bridgehead atoms. The van der Waals surface area contributed by atoms with E-state index in [2.05, 4.69) is 10.3 Å². The second-order valence-electron chi connectivity index (χ2n) is 7.81. The van der Waals surface area contributed by atoms with E-state index in [1.54, 1.807) is 29.4 Å². The quantitative estimate of drug-likeness (QED) is 0.417. The molecule has 1 amide bonds. The lowest BCUT2D eigenvalue weighted by atomic mass is 9.94. The Morgan fingerprint density at radius 1 is 1.06 bits per heavy atom. The molecule has 2 heterocycles. The van der Waals surface area contributed by atoms with Crippen molar-refractivity contribution in [3.63, 3.8) is 0 Å². The molecule has 2 aliphatic heterocycles. The molecule has 7 nitrogen and oxygen atoms in total. The first-order chi connectivity index (χ1) is 16.9. The molecule has 35 heavy (non-hydrogen) atoms. The van der Waals surface area contributed by atoms with E-state index >= 15 is 0 Å². The predicted octanol–water partition coefficient (Wildman–Crippen LogP) is 4.76. The lowest BCUT2D eigenvalue weighted by Gasteiger charge is -2.36. The zero-order chi connectivity index (χ0) is 24.9. The average Bonchev–Trinajstić information content (AvgIpc) is 3.22. The number of hydrogen-bond acceptors (Lipinski definition) is 7. The van der Waals surface area contributed by atoms with E-state index in [0.29, 0.717) is 33.4 Å². The van der Waals surface area contributed by atoms with Crippen LogP contribution in [0.3, 0.4) is 0 Å². The second-order valence-corrected chi connectivity index (χ2v) is 8.64. The third-order valence-corrected chi connectivity index (χ3v) is 6.29. The Kier molecular flexibility index (Phi) is 7.62. The Balaban J connectivity index is 1.63. The van der Waals surface area contributed by atoms with Gasteiger partial charge in [0.05, 0.1) is 30.3 Å². The number of benzene rings is 2. The Morgan fingerprint density at radius 2 is 1.71 bits per heavy atom. The second kappa shape index (κ2) is 10.8. The summed E-state index contributed by atoms with van der Waals surface area (Å²) < 4.78 is 37.2. The first-order valence-electron chi connectivity index (χ1n) is 10.8. The molecule has 0 fully saturated rings. The van der Waals surface area contributed by atoms with Gasteiger partial charge in [-0.15, -0.1) is 0 Å².